The van der Waals surface area contributed by atoms with Gasteiger partial charge in [0.25, 0.3) is 0 Å². The van der Waals surface area contributed by atoms with Crippen molar-refractivity contribution >= 4 is 0 Å². The van der Waals surface area contributed by atoms with Gasteiger partial charge in [-0.3, -0.25) is 4.90 Å². The van der Waals surface area contributed by atoms with E-state index in [-0.39, 0.29) is 5.54 Å². The third-order valence-corrected chi connectivity index (χ3v) is 6.15. The Bertz CT molecular complexity index is 405. The molecule has 2 rings (SSSR count). The average Bonchev–Trinajstić information content (AvgIpc) is 2.42. The maximum atomic E-state index is 6.19. The fourth-order valence-corrected chi connectivity index (χ4v) is 4.31. The van der Waals surface area contributed by atoms with E-state index >= 15 is 0 Å². The Morgan fingerprint density at radius 3 is 2.12 bits per heavy atom. The van der Waals surface area contributed by atoms with Crippen molar-refractivity contribution < 1.29 is 9.47 Å². The fraction of sp³-hybridized carbons (Fsp3) is 1.00. The second-order valence-electron chi connectivity index (χ2n) is 9.61. The Morgan fingerprint density at radius 2 is 1.60 bits per heavy atom. The zero-order valence-electron chi connectivity index (χ0n) is 17.9. The second-order valence-corrected chi connectivity index (χ2v) is 9.61. The van der Waals surface area contributed by atoms with Crippen LogP contribution in [0.3, 0.4) is 0 Å². The molecule has 148 valence electrons. The van der Waals surface area contributed by atoms with E-state index in [9.17, 15) is 0 Å². The molecule has 2 aliphatic heterocycles. The van der Waals surface area contributed by atoms with E-state index in [1.54, 1.807) is 0 Å². The standard InChI is InChI=1S/C21H42N2O2/c1-15(2)22-10-19(11-22)13-25-17(5)9-21(7,8)23-12-20(18(23)6)14-24-16(3)4/h15-20H,9-14H2,1-8H3. The van der Waals surface area contributed by atoms with E-state index in [1.165, 1.54) is 13.1 Å². The molecule has 2 saturated heterocycles. The van der Waals surface area contributed by atoms with Gasteiger partial charge in [0.15, 0.2) is 0 Å². The molecular weight excluding hydrogens is 312 g/mol. The summed E-state index contributed by atoms with van der Waals surface area (Å²) in [7, 11) is 0. The summed E-state index contributed by atoms with van der Waals surface area (Å²) in [5.74, 6) is 1.41. The van der Waals surface area contributed by atoms with Gasteiger partial charge >= 0.3 is 0 Å². The number of ether oxygens (including phenoxy) is 2. The minimum atomic E-state index is 0.191. The van der Waals surface area contributed by atoms with E-state index in [4.69, 9.17) is 9.47 Å². The predicted molar refractivity (Wildman–Crippen MR) is 105 cm³/mol. The minimum Gasteiger partial charge on any atom is -0.378 e. The van der Waals surface area contributed by atoms with Crippen LogP contribution in [0.25, 0.3) is 0 Å². The summed E-state index contributed by atoms with van der Waals surface area (Å²) in [6, 6.07) is 1.28. The van der Waals surface area contributed by atoms with Gasteiger partial charge in [0.05, 0.1) is 25.4 Å². The Kier molecular flexibility index (Phi) is 7.35. The van der Waals surface area contributed by atoms with Crippen molar-refractivity contribution in [1.29, 1.82) is 0 Å². The summed E-state index contributed by atoms with van der Waals surface area (Å²) in [5.41, 5.74) is 0.191. The van der Waals surface area contributed by atoms with Crippen molar-refractivity contribution in [2.24, 2.45) is 11.8 Å². The largest absolute Gasteiger partial charge is 0.378 e. The van der Waals surface area contributed by atoms with Gasteiger partial charge in [-0.2, -0.15) is 0 Å². The van der Waals surface area contributed by atoms with Gasteiger partial charge in [0.2, 0.25) is 0 Å². The van der Waals surface area contributed by atoms with Crippen LogP contribution in [0.2, 0.25) is 0 Å². The topological polar surface area (TPSA) is 24.9 Å². The van der Waals surface area contributed by atoms with Crippen LogP contribution in [-0.4, -0.2) is 72.5 Å². The molecule has 0 aromatic heterocycles. The van der Waals surface area contributed by atoms with Crippen LogP contribution in [0.1, 0.15) is 61.8 Å². The molecule has 2 aliphatic rings. The van der Waals surface area contributed by atoms with Crippen molar-refractivity contribution in [3.63, 3.8) is 0 Å². The molecule has 0 amide bonds. The third kappa shape index (κ3) is 5.66. The van der Waals surface area contributed by atoms with Crippen molar-refractivity contribution in [1.82, 2.24) is 9.80 Å². The van der Waals surface area contributed by atoms with E-state index < -0.39 is 0 Å². The highest BCUT2D eigenvalue weighted by Gasteiger charge is 2.44. The maximum Gasteiger partial charge on any atom is 0.0564 e. The molecule has 2 fully saturated rings. The van der Waals surface area contributed by atoms with Crippen LogP contribution in [0.5, 0.6) is 0 Å². The molecule has 0 bridgehead atoms. The first-order valence-electron chi connectivity index (χ1n) is 10.3. The summed E-state index contributed by atoms with van der Waals surface area (Å²) >= 11 is 0. The molecule has 0 aliphatic carbocycles. The Labute approximate surface area is 156 Å². The van der Waals surface area contributed by atoms with E-state index in [2.05, 4.69) is 65.2 Å². The normalized spacial score (nSPS) is 27.6. The van der Waals surface area contributed by atoms with E-state index in [1.807, 2.05) is 0 Å². The van der Waals surface area contributed by atoms with Gasteiger partial charge in [0.1, 0.15) is 0 Å². The highest BCUT2D eigenvalue weighted by molar-refractivity contribution is 4.98. The van der Waals surface area contributed by atoms with Crippen molar-refractivity contribution in [2.75, 3.05) is 32.8 Å². The van der Waals surface area contributed by atoms with Gasteiger partial charge in [-0.15, -0.1) is 0 Å². The monoisotopic (exact) mass is 354 g/mol. The van der Waals surface area contributed by atoms with Crippen LogP contribution >= 0.6 is 0 Å². The Hall–Kier alpha value is -0.160. The van der Waals surface area contributed by atoms with Gasteiger partial charge in [0, 0.05) is 49.1 Å². The van der Waals surface area contributed by atoms with Gasteiger partial charge in [-0.05, 0) is 61.8 Å². The average molecular weight is 355 g/mol. The van der Waals surface area contributed by atoms with Crippen LogP contribution in [0.15, 0.2) is 0 Å². The zero-order valence-corrected chi connectivity index (χ0v) is 17.9. The molecule has 0 radical (unpaired) electrons. The number of hydrogen-bond acceptors (Lipinski definition) is 4. The molecule has 3 unspecified atom stereocenters. The molecule has 4 heteroatoms. The highest BCUT2D eigenvalue weighted by Crippen LogP contribution is 2.35. The fourth-order valence-electron chi connectivity index (χ4n) is 4.31. The molecule has 0 N–H and O–H groups in total. The molecule has 0 aromatic rings. The highest BCUT2D eigenvalue weighted by atomic mass is 16.5. The lowest BCUT2D eigenvalue weighted by Gasteiger charge is -2.55. The molecule has 4 nitrogen and oxygen atoms in total. The molecule has 0 spiro atoms. The van der Waals surface area contributed by atoms with Crippen LogP contribution < -0.4 is 0 Å². The van der Waals surface area contributed by atoms with Gasteiger partial charge < -0.3 is 14.4 Å². The lowest BCUT2D eigenvalue weighted by Crippen LogP contribution is -2.64. The lowest BCUT2D eigenvalue weighted by molar-refractivity contribution is -0.110. The van der Waals surface area contributed by atoms with E-state index in [0.717, 1.165) is 32.1 Å². The zero-order chi connectivity index (χ0) is 18.8. The number of nitrogens with zero attached hydrogens (tertiary/aromatic N) is 2. The maximum absolute atomic E-state index is 6.19. The molecule has 0 aromatic carbocycles. The van der Waals surface area contributed by atoms with Gasteiger partial charge in [-0.1, -0.05) is 0 Å². The summed E-state index contributed by atoms with van der Waals surface area (Å²) in [6.45, 7) is 23.5. The summed E-state index contributed by atoms with van der Waals surface area (Å²) in [4.78, 5) is 5.15. The molecule has 3 atom stereocenters. The molecule has 0 saturated carbocycles. The second kappa shape index (κ2) is 8.69. The lowest BCUT2D eigenvalue weighted by atomic mass is 9.82. The Morgan fingerprint density at radius 1 is 0.960 bits per heavy atom. The Balaban J connectivity index is 1.67. The van der Waals surface area contributed by atoms with Crippen LogP contribution in [0, 0.1) is 11.8 Å². The van der Waals surface area contributed by atoms with Crippen molar-refractivity contribution in [2.45, 2.75) is 91.6 Å². The molecule has 2 heterocycles. The van der Waals surface area contributed by atoms with Crippen molar-refractivity contribution in [3.05, 3.63) is 0 Å². The molecule has 25 heavy (non-hydrogen) atoms. The SMILES string of the molecule is CC(C)OCC1CN(C(C)(C)CC(C)OCC2CN(C(C)C)C2)C1C. The quantitative estimate of drug-likeness (QED) is 0.598. The first kappa shape index (κ1) is 21.1. The summed E-state index contributed by atoms with van der Waals surface area (Å²) in [6.07, 6.45) is 1.75. The predicted octanol–water partition coefficient (Wildman–Crippen LogP) is 3.65. The third-order valence-electron chi connectivity index (χ3n) is 6.15. The first-order valence-corrected chi connectivity index (χ1v) is 10.3. The summed E-state index contributed by atoms with van der Waals surface area (Å²) < 4.78 is 12.0. The minimum absolute atomic E-state index is 0.191. The summed E-state index contributed by atoms with van der Waals surface area (Å²) in [5, 5.41) is 0. The van der Waals surface area contributed by atoms with Crippen molar-refractivity contribution in [3.8, 4) is 0 Å². The number of likely N-dealkylation sites (tertiary alicyclic amines) is 2. The number of rotatable bonds is 10. The van der Waals surface area contributed by atoms with Crippen LogP contribution in [0.4, 0.5) is 0 Å². The smallest absolute Gasteiger partial charge is 0.0564 e. The molecular formula is C21H42N2O2. The van der Waals surface area contributed by atoms with Gasteiger partial charge in [-0.25, -0.2) is 0 Å². The van der Waals surface area contributed by atoms with Crippen LogP contribution in [-0.2, 0) is 9.47 Å². The number of hydrogen-bond donors (Lipinski definition) is 0. The first-order chi connectivity index (χ1) is 11.6. The van der Waals surface area contributed by atoms with E-state index in [0.29, 0.717) is 30.2 Å².